The van der Waals surface area contributed by atoms with Crippen LogP contribution in [0.3, 0.4) is 0 Å². The molecule has 3 amide bonds. The molecule has 0 unspecified atom stereocenters. The number of nitrogens with two attached hydrogens (primary N) is 2. The Balaban J connectivity index is 0.000000303. The molecule has 0 bridgehead atoms. The fourth-order valence-electron chi connectivity index (χ4n) is 2.14. The van der Waals surface area contributed by atoms with Gasteiger partial charge in [-0.2, -0.15) is 0 Å². The maximum Gasteiger partial charge on any atom is 0.314 e. The zero-order chi connectivity index (χ0) is 14.5. The Labute approximate surface area is 116 Å². The van der Waals surface area contributed by atoms with Crippen LogP contribution in [0.4, 0.5) is 4.79 Å². The topological polar surface area (TPSA) is 92.7 Å². The molecule has 2 saturated heterocycles. The zero-order valence-corrected chi connectivity index (χ0v) is 12.0. The summed E-state index contributed by atoms with van der Waals surface area (Å²) < 4.78 is 0. The van der Waals surface area contributed by atoms with E-state index >= 15 is 0 Å². The average Bonchev–Trinajstić information content (AvgIpc) is 2.51. The first kappa shape index (κ1) is 17.7. The van der Waals surface area contributed by atoms with E-state index in [2.05, 4.69) is 5.73 Å². The van der Waals surface area contributed by atoms with Gasteiger partial charge in [0.1, 0.15) is 0 Å². The van der Waals surface area contributed by atoms with Gasteiger partial charge in [-0.25, -0.2) is 4.79 Å². The summed E-state index contributed by atoms with van der Waals surface area (Å²) in [7, 11) is 1.50. The molecular formula is C13H28N4O2. The summed E-state index contributed by atoms with van der Waals surface area (Å²) in [5.74, 6) is 0. The van der Waals surface area contributed by atoms with E-state index in [9.17, 15) is 9.59 Å². The summed E-state index contributed by atoms with van der Waals surface area (Å²) in [5.41, 5.74) is 9.55. The molecule has 2 rings (SSSR count). The van der Waals surface area contributed by atoms with E-state index in [1.54, 1.807) is 4.90 Å². The van der Waals surface area contributed by atoms with E-state index in [1.807, 2.05) is 4.90 Å². The van der Waals surface area contributed by atoms with Crippen molar-refractivity contribution in [2.75, 3.05) is 33.2 Å². The Morgan fingerprint density at radius 3 is 1.58 bits per heavy atom. The number of nitrogens with zero attached hydrogens (tertiary/aromatic N) is 2. The van der Waals surface area contributed by atoms with Gasteiger partial charge < -0.3 is 21.3 Å². The number of carbonyl (C=O) groups is 2. The number of piperidine rings is 2. The van der Waals surface area contributed by atoms with Gasteiger partial charge in [0.15, 0.2) is 0 Å². The predicted molar refractivity (Wildman–Crippen MR) is 76.6 cm³/mol. The first-order valence-corrected chi connectivity index (χ1v) is 7.05. The van der Waals surface area contributed by atoms with Crippen molar-refractivity contribution < 1.29 is 9.59 Å². The van der Waals surface area contributed by atoms with Crippen LogP contribution in [0.5, 0.6) is 0 Å². The number of amides is 3. The van der Waals surface area contributed by atoms with Gasteiger partial charge >= 0.3 is 6.03 Å². The van der Waals surface area contributed by atoms with E-state index in [4.69, 9.17) is 5.73 Å². The maximum absolute atomic E-state index is 10.5. The monoisotopic (exact) mass is 272 g/mol. The quantitative estimate of drug-likeness (QED) is 0.690. The summed E-state index contributed by atoms with van der Waals surface area (Å²) in [4.78, 5) is 24.1. The number of likely N-dealkylation sites (tertiary alicyclic amines) is 2. The molecule has 2 aliphatic rings. The molecule has 0 spiro atoms. The fourth-order valence-corrected chi connectivity index (χ4v) is 2.14. The standard InChI is InChI=1S/C6H12N2O.C6H11NO.CH5N/c7-6(9)8-4-2-1-3-5-8;8-6-7-4-2-1-3-5-7;1-2/h1-5H2,(H2,7,9);6H,1-5H2;2H2,1H3. The SMILES string of the molecule is CN.NC(=O)N1CCCCC1.O=CN1CCCCC1. The Bertz CT molecular complexity index is 237. The van der Waals surface area contributed by atoms with Gasteiger partial charge in [-0.3, -0.25) is 4.79 Å². The molecule has 4 N–H and O–H groups in total. The van der Waals surface area contributed by atoms with E-state index < -0.39 is 0 Å². The van der Waals surface area contributed by atoms with Crippen LogP contribution in [-0.2, 0) is 4.79 Å². The molecule has 6 heteroatoms. The minimum absolute atomic E-state index is 0.269. The van der Waals surface area contributed by atoms with Crippen LogP contribution in [0, 0.1) is 0 Å². The molecular weight excluding hydrogens is 244 g/mol. The van der Waals surface area contributed by atoms with Crippen LogP contribution in [0.1, 0.15) is 38.5 Å². The highest BCUT2D eigenvalue weighted by atomic mass is 16.2. The van der Waals surface area contributed by atoms with Crippen LogP contribution in [0.2, 0.25) is 0 Å². The third-order valence-corrected chi connectivity index (χ3v) is 3.21. The number of hydrogen-bond donors (Lipinski definition) is 2. The molecule has 0 atom stereocenters. The minimum Gasteiger partial charge on any atom is -0.351 e. The number of primary amides is 1. The molecule has 2 heterocycles. The van der Waals surface area contributed by atoms with Gasteiger partial charge in [-0.1, -0.05) is 0 Å². The zero-order valence-electron chi connectivity index (χ0n) is 12.0. The lowest BCUT2D eigenvalue weighted by Crippen LogP contribution is -2.39. The van der Waals surface area contributed by atoms with Gasteiger partial charge in [0.25, 0.3) is 0 Å². The van der Waals surface area contributed by atoms with E-state index in [0.29, 0.717) is 0 Å². The Morgan fingerprint density at radius 1 is 0.895 bits per heavy atom. The molecule has 2 fully saturated rings. The van der Waals surface area contributed by atoms with Crippen LogP contribution < -0.4 is 11.5 Å². The predicted octanol–water partition coefficient (Wildman–Crippen LogP) is 0.755. The van der Waals surface area contributed by atoms with Crippen molar-refractivity contribution in [2.45, 2.75) is 38.5 Å². The second kappa shape index (κ2) is 11.8. The number of rotatable bonds is 1. The highest BCUT2D eigenvalue weighted by molar-refractivity contribution is 5.71. The van der Waals surface area contributed by atoms with Gasteiger partial charge in [-0.15, -0.1) is 0 Å². The van der Waals surface area contributed by atoms with E-state index in [0.717, 1.165) is 45.4 Å². The first-order valence-electron chi connectivity index (χ1n) is 7.05. The summed E-state index contributed by atoms with van der Waals surface area (Å²) in [6, 6.07) is -0.269. The second-order valence-electron chi connectivity index (χ2n) is 4.59. The van der Waals surface area contributed by atoms with Crippen LogP contribution >= 0.6 is 0 Å². The van der Waals surface area contributed by atoms with Crippen molar-refractivity contribution >= 4 is 12.4 Å². The lowest BCUT2D eigenvalue weighted by atomic mass is 10.1. The molecule has 0 aromatic heterocycles. The van der Waals surface area contributed by atoms with Crippen molar-refractivity contribution in [1.82, 2.24) is 9.80 Å². The summed E-state index contributed by atoms with van der Waals surface area (Å²) in [6.45, 7) is 3.66. The smallest absolute Gasteiger partial charge is 0.314 e. The molecule has 6 nitrogen and oxygen atoms in total. The van der Waals surface area contributed by atoms with Crippen molar-refractivity contribution in [3.05, 3.63) is 0 Å². The highest BCUT2D eigenvalue weighted by Gasteiger charge is 2.11. The molecule has 112 valence electrons. The number of urea groups is 1. The Morgan fingerprint density at radius 2 is 1.32 bits per heavy atom. The minimum atomic E-state index is -0.269. The van der Waals surface area contributed by atoms with Gasteiger partial charge in [-0.05, 0) is 45.6 Å². The van der Waals surface area contributed by atoms with Crippen molar-refractivity contribution in [1.29, 1.82) is 0 Å². The summed E-state index contributed by atoms with van der Waals surface area (Å²) in [5, 5.41) is 0. The third kappa shape index (κ3) is 8.42. The normalized spacial score (nSPS) is 18.4. The van der Waals surface area contributed by atoms with Crippen LogP contribution in [0.15, 0.2) is 0 Å². The third-order valence-electron chi connectivity index (χ3n) is 3.21. The maximum atomic E-state index is 10.5. The molecule has 0 aliphatic carbocycles. The van der Waals surface area contributed by atoms with Crippen LogP contribution in [-0.4, -0.2) is 55.5 Å². The molecule has 0 aromatic carbocycles. The first-order chi connectivity index (χ1) is 9.24. The Hall–Kier alpha value is -1.30. The molecule has 0 saturated carbocycles. The molecule has 0 radical (unpaired) electrons. The van der Waals surface area contributed by atoms with Crippen molar-refractivity contribution in [2.24, 2.45) is 11.5 Å². The molecule has 2 aliphatic heterocycles. The van der Waals surface area contributed by atoms with Gasteiger partial charge in [0.2, 0.25) is 6.41 Å². The fraction of sp³-hybridized carbons (Fsp3) is 0.846. The Kier molecular flexibility index (Phi) is 11.0. The van der Waals surface area contributed by atoms with Crippen LogP contribution in [0.25, 0.3) is 0 Å². The van der Waals surface area contributed by atoms with Crippen molar-refractivity contribution in [3.63, 3.8) is 0 Å². The molecule has 19 heavy (non-hydrogen) atoms. The largest absolute Gasteiger partial charge is 0.351 e. The highest BCUT2D eigenvalue weighted by Crippen LogP contribution is 2.07. The molecule has 0 aromatic rings. The average molecular weight is 272 g/mol. The summed E-state index contributed by atoms with van der Waals surface area (Å²) >= 11 is 0. The summed E-state index contributed by atoms with van der Waals surface area (Å²) in [6.07, 6.45) is 8.09. The second-order valence-corrected chi connectivity index (χ2v) is 4.59. The van der Waals surface area contributed by atoms with Gasteiger partial charge in [0, 0.05) is 26.2 Å². The number of carbonyl (C=O) groups excluding carboxylic acids is 2. The lowest BCUT2D eigenvalue weighted by molar-refractivity contribution is -0.118. The number of hydrogen-bond acceptors (Lipinski definition) is 3. The van der Waals surface area contributed by atoms with E-state index in [1.165, 1.54) is 32.7 Å². The van der Waals surface area contributed by atoms with Gasteiger partial charge in [0.05, 0.1) is 0 Å². The van der Waals surface area contributed by atoms with Crippen molar-refractivity contribution in [3.8, 4) is 0 Å². The van der Waals surface area contributed by atoms with E-state index in [-0.39, 0.29) is 6.03 Å². The lowest BCUT2D eigenvalue weighted by Gasteiger charge is -2.24.